The van der Waals surface area contributed by atoms with Crippen molar-refractivity contribution in [2.75, 3.05) is 7.11 Å². The van der Waals surface area contributed by atoms with Gasteiger partial charge in [0.05, 0.1) is 12.7 Å². The first-order valence-corrected chi connectivity index (χ1v) is 4.47. The molecule has 0 saturated heterocycles. The maximum absolute atomic E-state index is 11.1. The van der Waals surface area contributed by atoms with Gasteiger partial charge in [0.2, 0.25) is 0 Å². The lowest BCUT2D eigenvalue weighted by Crippen LogP contribution is -2.00. The minimum absolute atomic E-state index is 0.282. The summed E-state index contributed by atoms with van der Waals surface area (Å²) in [7, 11) is 4.00. The second kappa shape index (κ2) is 4.22. The van der Waals surface area contributed by atoms with Gasteiger partial charge < -0.3 is 4.74 Å². The standard InChI is InChI=1S/C9H11O2P/c1-11-9(10)8-4-2-3-7(5-8)6-12/h2-5H,6,12H2,1H3. The van der Waals surface area contributed by atoms with Crippen molar-refractivity contribution in [1.29, 1.82) is 0 Å². The Balaban J connectivity index is 2.93. The number of hydrogen-bond acceptors (Lipinski definition) is 2. The van der Waals surface area contributed by atoms with E-state index in [1.165, 1.54) is 7.11 Å². The molecule has 0 N–H and O–H groups in total. The molecule has 12 heavy (non-hydrogen) atoms. The summed E-state index contributed by atoms with van der Waals surface area (Å²) in [6, 6.07) is 7.40. The minimum Gasteiger partial charge on any atom is -0.465 e. The van der Waals surface area contributed by atoms with Gasteiger partial charge in [-0.2, -0.15) is 0 Å². The van der Waals surface area contributed by atoms with E-state index in [4.69, 9.17) is 0 Å². The van der Waals surface area contributed by atoms with E-state index in [-0.39, 0.29) is 5.97 Å². The Morgan fingerprint density at radius 3 is 2.92 bits per heavy atom. The van der Waals surface area contributed by atoms with E-state index >= 15 is 0 Å². The normalized spacial score (nSPS) is 9.50. The van der Waals surface area contributed by atoms with Crippen LogP contribution in [0.2, 0.25) is 0 Å². The molecule has 0 bridgehead atoms. The number of hydrogen-bond donors (Lipinski definition) is 0. The lowest BCUT2D eigenvalue weighted by atomic mass is 10.1. The molecule has 0 fully saturated rings. The number of esters is 1. The molecular weight excluding hydrogens is 171 g/mol. The van der Waals surface area contributed by atoms with Crippen LogP contribution in [0.25, 0.3) is 0 Å². The fourth-order valence-corrected chi connectivity index (χ4v) is 1.20. The summed E-state index contributed by atoms with van der Waals surface area (Å²) in [5.41, 5.74) is 1.72. The Bertz CT molecular complexity index is 284. The van der Waals surface area contributed by atoms with E-state index in [0.29, 0.717) is 5.56 Å². The van der Waals surface area contributed by atoms with Gasteiger partial charge >= 0.3 is 5.97 Å². The molecule has 1 unspecified atom stereocenters. The second-order valence-electron chi connectivity index (χ2n) is 2.40. The van der Waals surface area contributed by atoms with Gasteiger partial charge in [-0.1, -0.05) is 12.1 Å². The summed E-state index contributed by atoms with van der Waals surface area (Å²) >= 11 is 0. The third-order valence-electron chi connectivity index (χ3n) is 1.58. The van der Waals surface area contributed by atoms with Crippen LogP contribution < -0.4 is 0 Å². The van der Waals surface area contributed by atoms with Gasteiger partial charge in [0.1, 0.15) is 0 Å². The molecule has 0 aromatic heterocycles. The highest BCUT2D eigenvalue weighted by Crippen LogP contribution is 2.09. The summed E-state index contributed by atoms with van der Waals surface area (Å²) < 4.78 is 4.59. The van der Waals surface area contributed by atoms with Crippen LogP contribution in [-0.4, -0.2) is 13.1 Å². The Hall–Kier alpha value is -0.880. The van der Waals surface area contributed by atoms with Gasteiger partial charge in [-0.25, -0.2) is 4.79 Å². The maximum Gasteiger partial charge on any atom is 0.337 e. The number of methoxy groups -OCH3 is 1. The fourth-order valence-electron chi connectivity index (χ4n) is 0.943. The Labute approximate surface area is 74.1 Å². The zero-order valence-corrected chi connectivity index (χ0v) is 8.07. The molecule has 1 aromatic rings. The molecule has 1 aromatic carbocycles. The summed E-state index contributed by atoms with van der Waals surface area (Å²) in [4.78, 5) is 11.1. The van der Waals surface area contributed by atoms with E-state index in [1.54, 1.807) is 6.07 Å². The molecule has 0 aliphatic carbocycles. The van der Waals surface area contributed by atoms with Crippen molar-refractivity contribution in [3.05, 3.63) is 35.4 Å². The quantitative estimate of drug-likeness (QED) is 0.515. The lowest BCUT2D eigenvalue weighted by molar-refractivity contribution is 0.0600. The topological polar surface area (TPSA) is 26.3 Å². The zero-order valence-electron chi connectivity index (χ0n) is 6.91. The van der Waals surface area contributed by atoms with E-state index < -0.39 is 0 Å². The van der Waals surface area contributed by atoms with Gasteiger partial charge in [-0.15, -0.1) is 9.24 Å². The molecule has 64 valence electrons. The van der Waals surface area contributed by atoms with Crippen LogP contribution in [0.3, 0.4) is 0 Å². The molecular formula is C9H11O2P. The predicted molar refractivity (Wildman–Crippen MR) is 51.2 cm³/mol. The van der Waals surface area contributed by atoms with Gasteiger partial charge in [0, 0.05) is 0 Å². The van der Waals surface area contributed by atoms with E-state index in [0.717, 1.165) is 11.7 Å². The maximum atomic E-state index is 11.1. The predicted octanol–water partition coefficient (Wildman–Crippen LogP) is 1.85. The average molecular weight is 182 g/mol. The van der Waals surface area contributed by atoms with Crippen molar-refractivity contribution in [3.8, 4) is 0 Å². The average Bonchev–Trinajstić information content (AvgIpc) is 2.17. The van der Waals surface area contributed by atoms with Crippen molar-refractivity contribution >= 4 is 15.2 Å². The smallest absolute Gasteiger partial charge is 0.337 e. The van der Waals surface area contributed by atoms with Crippen molar-refractivity contribution in [2.24, 2.45) is 0 Å². The largest absolute Gasteiger partial charge is 0.465 e. The summed E-state index contributed by atoms with van der Waals surface area (Å²) in [5, 5.41) is 0. The number of carbonyl (C=O) groups excluding carboxylic acids is 1. The van der Waals surface area contributed by atoms with Crippen LogP contribution in [0.15, 0.2) is 24.3 Å². The van der Waals surface area contributed by atoms with Crippen LogP contribution in [0, 0.1) is 0 Å². The molecule has 1 rings (SSSR count). The molecule has 0 saturated carbocycles. The number of ether oxygens (including phenoxy) is 1. The SMILES string of the molecule is COC(=O)c1cccc(CP)c1. The first-order chi connectivity index (χ1) is 5.77. The Morgan fingerprint density at radius 1 is 1.58 bits per heavy atom. The van der Waals surface area contributed by atoms with Gasteiger partial charge in [-0.3, -0.25) is 0 Å². The molecule has 0 spiro atoms. The van der Waals surface area contributed by atoms with Crippen molar-refractivity contribution in [2.45, 2.75) is 6.16 Å². The van der Waals surface area contributed by atoms with Gasteiger partial charge in [0.15, 0.2) is 0 Å². The van der Waals surface area contributed by atoms with E-state index in [2.05, 4.69) is 14.0 Å². The monoisotopic (exact) mass is 182 g/mol. The first-order valence-electron chi connectivity index (χ1n) is 3.65. The Morgan fingerprint density at radius 2 is 2.33 bits per heavy atom. The fraction of sp³-hybridized carbons (Fsp3) is 0.222. The van der Waals surface area contributed by atoms with Crippen LogP contribution in [0.1, 0.15) is 15.9 Å². The molecule has 0 radical (unpaired) electrons. The van der Waals surface area contributed by atoms with Crippen LogP contribution >= 0.6 is 9.24 Å². The highest BCUT2D eigenvalue weighted by atomic mass is 31.0. The van der Waals surface area contributed by atoms with E-state index in [9.17, 15) is 4.79 Å². The van der Waals surface area contributed by atoms with Crippen LogP contribution in [-0.2, 0) is 10.9 Å². The zero-order chi connectivity index (χ0) is 8.97. The molecule has 1 atom stereocenters. The molecule has 0 aliphatic heterocycles. The molecule has 0 aliphatic rings. The third kappa shape index (κ3) is 2.05. The summed E-state index contributed by atoms with van der Waals surface area (Å²) in [6.45, 7) is 0. The molecule has 3 heteroatoms. The van der Waals surface area contributed by atoms with Gasteiger partial charge in [-0.05, 0) is 23.9 Å². The number of benzene rings is 1. The van der Waals surface area contributed by atoms with Crippen molar-refractivity contribution in [3.63, 3.8) is 0 Å². The Kier molecular flexibility index (Phi) is 3.24. The first kappa shape index (κ1) is 9.21. The van der Waals surface area contributed by atoms with Crippen LogP contribution in [0.4, 0.5) is 0 Å². The van der Waals surface area contributed by atoms with Gasteiger partial charge in [0.25, 0.3) is 0 Å². The van der Waals surface area contributed by atoms with Crippen molar-refractivity contribution in [1.82, 2.24) is 0 Å². The van der Waals surface area contributed by atoms with Crippen molar-refractivity contribution < 1.29 is 9.53 Å². The summed E-state index contributed by atoms with van der Waals surface area (Å²) in [5.74, 6) is -0.282. The molecule has 0 amide bonds. The lowest BCUT2D eigenvalue weighted by Gasteiger charge is -2.00. The highest BCUT2D eigenvalue weighted by molar-refractivity contribution is 7.15. The van der Waals surface area contributed by atoms with E-state index in [1.807, 2.05) is 18.2 Å². The van der Waals surface area contributed by atoms with Crippen LogP contribution in [0.5, 0.6) is 0 Å². The molecule has 0 heterocycles. The molecule has 2 nitrogen and oxygen atoms in total. The summed E-state index contributed by atoms with van der Waals surface area (Å²) in [6.07, 6.45) is 0.852. The number of rotatable bonds is 2. The second-order valence-corrected chi connectivity index (χ2v) is 2.80. The third-order valence-corrected chi connectivity index (χ3v) is 2.06. The highest BCUT2D eigenvalue weighted by Gasteiger charge is 2.03. The minimum atomic E-state index is -0.282. The number of carbonyl (C=O) groups is 1.